The van der Waals surface area contributed by atoms with E-state index in [0.29, 0.717) is 0 Å². The molecule has 0 heterocycles. The van der Waals surface area contributed by atoms with Gasteiger partial charge in [0.15, 0.2) is 0 Å². The van der Waals surface area contributed by atoms with E-state index in [2.05, 4.69) is 6.92 Å². The van der Waals surface area contributed by atoms with Gasteiger partial charge in [0.25, 0.3) is 0 Å². The van der Waals surface area contributed by atoms with Gasteiger partial charge < -0.3 is 5.73 Å². The normalized spacial score (nSPS) is 14.6. The highest BCUT2D eigenvalue weighted by atomic mass is 32.2. The molecule has 0 saturated heterocycles. The molecule has 0 atom stereocenters. The number of unbranched alkanes of at least 4 members (excludes halogenated alkanes) is 15. The van der Waals surface area contributed by atoms with Crippen molar-refractivity contribution in [3.63, 3.8) is 0 Å². The third-order valence-electron chi connectivity index (χ3n) is 7.07. The number of halogens is 17. The van der Waals surface area contributed by atoms with E-state index in [0.717, 1.165) is 6.54 Å². The third kappa shape index (κ3) is 11.3. The molecule has 0 unspecified atom stereocenters. The molecule has 0 fully saturated rings. The monoisotopic (exact) mass is 769 g/mol. The van der Waals surface area contributed by atoms with Gasteiger partial charge in [0.05, 0.1) is 0 Å². The summed E-state index contributed by atoms with van der Waals surface area (Å²) in [5, 5.41) is -7.84. The lowest BCUT2D eigenvalue weighted by Gasteiger charge is -2.42. The van der Waals surface area contributed by atoms with Gasteiger partial charge in [-0.15, -0.1) is 0 Å². The fourth-order valence-corrected chi connectivity index (χ4v) is 4.46. The molecule has 0 aromatic carbocycles. The van der Waals surface area contributed by atoms with E-state index in [1.807, 2.05) is 0 Å². The Morgan fingerprint density at radius 3 is 0.875 bits per heavy atom. The molecule has 0 aliphatic heterocycles. The second kappa shape index (κ2) is 18.8. The maximum atomic E-state index is 13.0. The van der Waals surface area contributed by atoms with Gasteiger partial charge >= 0.3 is 57.1 Å². The van der Waals surface area contributed by atoms with E-state index in [1.165, 1.54) is 103 Å². The van der Waals surface area contributed by atoms with E-state index in [4.69, 9.17) is 10.3 Å². The molecular weight excluding hydrogens is 729 g/mol. The van der Waals surface area contributed by atoms with E-state index in [-0.39, 0.29) is 0 Å². The van der Waals surface area contributed by atoms with Crippen LogP contribution in [0, 0.1) is 0 Å². The molecule has 0 amide bonds. The first kappa shape index (κ1) is 48.8. The summed E-state index contributed by atoms with van der Waals surface area (Å²) in [7, 11) is -7.89. The summed E-state index contributed by atoms with van der Waals surface area (Å²) in [6.07, 6.45) is 15.0. The van der Waals surface area contributed by atoms with Crippen LogP contribution >= 0.6 is 0 Å². The molecule has 0 aromatic heterocycles. The molecule has 0 saturated carbocycles. The van der Waals surface area contributed by atoms with Crippen LogP contribution in [-0.2, 0) is 10.1 Å². The molecular formula is C26H40F17NO3S. The maximum absolute atomic E-state index is 13.0. The smallest absolute Gasteiger partial charge is 0.330 e. The highest BCUT2D eigenvalue weighted by Crippen LogP contribution is 2.64. The molecule has 0 spiro atoms. The summed E-state index contributed by atoms with van der Waals surface area (Å²) < 4.78 is 242. The lowest BCUT2D eigenvalue weighted by Crippen LogP contribution is -2.74. The van der Waals surface area contributed by atoms with Gasteiger partial charge in [0.2, 0.25) is 0 Å². The van der Waals surface area contributed by atoms with Crippen molar-refractivity contribution in [2.24, 2.45) is 5.73 Å². The molecule has 22 heteroatoms. The zero-order valence-electron chi connectivity index (χ0n) is 25.7. The molecule has 0 rings (SSSR count). The number of nitrogens with two attached hydrogens (primary N) is 1. The van der Waals surface area contributed by atoms with Gasteiger partial charge in [0, 0.05) is 0 Å². The van der Waals surface area contributed by atoms with Gasteiger partial charge in [-0.05, 0) is 13.0 Å². The van der Waals surface area contributed by atoms with Crippen LogP contribution < -0.4 is 5.73 Å². The lowest BCUT2D eigenvalue weighted by molar-refractivity contribution is -0.458. The highest BCUT2D eigenvalue weighted by Gasteiger charge is 2.96. The average Bonchev–Trinajstić information content (AvgIpc) is 2.93. The van der Waals surface area contributed by atoms with Crippen molar-refractivity contribution in [2.75, 3.05) is 6.54 Å². The first-order valence-electron chi connectivity index (χ1n) is 14.8. The van der Waals surface area contributed by atoms with Gasteiger partial charge in [0.1, 0.15) is 0 Å². The first-order chi connectivity index (χ1) is 21.4. The van der Waals surface area contributed by atoms with Crippen LogP contribution in [-0.4, -0.2) is 66.5 Å². The Hall–Kier alpha value is -1.32. The Kier molecular flexibility index (Phi) is 19.1. The van der Waals surface area contributed by atoms with Crippen LogP contribution in [0.4, 0.5) is 74.6 Å². The summed E-state index contributed by atoms with van der Waals surface area (Å²) >= 11 is 0. The molecule has 3 N–H and O–H groups in total. The summed E-state index contributed by atoms with van der Waals surface area (Å²) in [5.41, 5.74) is 5.48. The predicted octanol–water partition coefficient (Wildman–Crippen LogP) is 11.0. The zero-order valence-corrected chi connectivity index (χ0v) is 26.5. The minimum atomic E-state index is -8.89. The van der Waals surface area contributed by atoms with Crippen molar-refractivity contribution in [1.82, 2.24) is 0 Å². The van der Waals surface area contributed by atoms with Crippen LogP contribution in [0.2, 0.25) is 0 Å². The molecule has 0 bridgehead atoms. The van der Waals surface area contributed by atoms with Gasteiger partial charge in [-0.1, -0.05) is 103 Å². The summed E-state index contributed by atoms with van der Waals surface area (Å²) in [4.78, 5) is 0. The van der Waals surface area contributed by atoms with Crippen LogP contribution in [0.15, 0.2) is 0 Å². The lowest BCUT2D eigenvalue weighted by atomic mass is 9.91. The Bertz CT molecular complexity index is 1000. The van der Waals surface area contributed by atoms with Crippen molar-refractivity contribution in [1.29, 1.82) is 0 Å². The minimum Gasteiger partial charge on any atom is -0.330 e. The van der Waals surface area contributed by atoms with Gasteiger partial charge in [-0.3, -0.25) is 4.55 Å². The molecule has 0 radical (unpaired) electrons. The minimum absolute atomic E-state index is 0.873. The summed E-state index contributed by atoms with van der Waals surface area (Å²) in [6, 6.07) is 0. The maximum Gasteiger partial charge on any atom is 0.460 e. The Balaban J connectivity index is 0. The molecule has 0 aliphatic carbocycles. The quantitative estimate of drug-likeness (QED) is 0.0616. The topological polar surface area (TPSA) is 80.4 Å². The van der Waals surface area contributed by atoms with E-state index < -0.39 is 57.1 Å². The van der Waals surface area contributed by atoms with Crippen LogP contribution in [0.1, 0.15) is 110 Å². The molecule has 48 heavy (non-hydrogen) atoms. The highest BCUT2D eigenvalue weighted by molar-refractivity contribution is 7.87. The van der Waals surface area contributed by atoms with Crippen molar-refractivity contribution >= 4 is 10.1 Å². The molecule has 292 valence electrons. The fourth-order valence-electron chi connectivity index (χ4n) is 4.00. The second-order valence-corrected chi connectivity index (χ2v) is 12.5. The van der Waals surface area contributed by atoms with E-state index in [1.54, 1.807) is 0 Å². The predicted molar refractivity (Wildman–Crippen MR) is 141 cm³/mol. The van der Waals surface area contributed by atoms with E-state index >= 15 is 0 Å². The van der Waals surface area contributed by atoms with Crippen LogP contribution in [0.5, 0.6) is 0 Å². The van der Waals surface area contributed by atoms with E-state index in [9.17, 15) is 83.1 Å². The number of rotatable bonds is 23. The van der Waals surface area contributed by atoms with Crippen molar-refractivity contribution in [3.8, 4) is 0 Å². The summed E-state index contributed by atoms with van der Waals surface area (Å²) in [6.45, 7) is 3.16. The van der Waals surface area contributed by atoms with Gasteiger partial charge in [-0.2, -0.15) is 83.1 Å². The van der Waals surface area contributed by atoms with Crippen LogP contribution in [0.25, 0.3) is 0 Å². The first-order valence-corrected chi connectivity index (χ1v) is 16.2. The molecule has 4 nitrogen and oxygen atoms in total. The standard InChI is InChI=1S/C18H39N.C8HF17O3S/c1-2-3-4-5-6-7-8-9-10-11-12-13-14-15-16-17-18-19;9-1(10,3(13,14)5(17,18)7(21,22)23)2(11,12)4(15,16)6(19,20)8(24,25)29(26,27)28/h2-19H2,1H3;(H,26,27,28). The number of hydrogen-bond donors (Lipinski definition) is 2. The molecule has 0 aromatic rings. The Labute approximate surface area is 267 Å². The van der Waals surface area contributed by atoms with Crippen molar-refractivity contribution in [2.45, 2.75) is 157 Å². The average molecular weight is 770 g/mol. The van der Waals surface area contributed by atoms with Gasteiger partial charge in [-0.25, -0.2) is 0 Å². The Morgan fingerprint density at radius 2 is 0.646 bits per heavy atom. The van der Waals surface area contributed by atoms with Crippen molar-refractivity contribution in [3.05, 3.63) is 0 Å². The summed E-state index contributed by atoms with van der Waals surface area (Å²) in [5.74, 6) is -52.0. The number of hydrogen-bond acceptors (Lipinski definition) is 3. The molecule has 0 aliphatic rings. The Morgan fingerprint density at radius 1 is 0.417 bits per heavy atom. The number of alkyl halides is 17. The SMILES string of the molecule is CCCCCCCCCCCCCCCCCCN.O=S(=O)(O)C(F)(F)C(F)(F)C(F)(F)C(F)(F)C(F)(F)C(F)(F)C(F)(F)C(F)(F)F. The fraction of sp³-hybridized carbons (Fsp3) is 1.00. The largest absolute Gasteiger partial charge is 0.460 e. The van der Waals surface area contributed by atoms with Crippen LogP contribution in [0.3, 0.4) is 0 Å². The third-order valence-corrected chi connectivity index (χ3v) is 7.98. The zero-order chi connectivity index (χ0) is 38.5. The second-order valence-electron chi connectivity index (χ2n) is 11.0. The van der Waals surface area contributed by atoms with Crippen molar-refractivity contribution < 1.29 is 87.6 Å².